The first kappa shape index (κ1) is 18.9. The van der Waals surface area contributed by atoms with Crippen LogP contribution in [-0.4, -0.2) is 62.1 Å². The smallest absolute Gasteiger partial charge is 0.251 e. The zero-order chi connectivity index (χ0) is 18.5. The van der Waals surface area contributed by atoms with E-state index < -0.39 is 0 Å². The van der Waals surface area contributed by atoms with E-state index in [1.54, 1.807) is 30.6 Å². The Bertz CT molecular complexity index is 694. The highest BCUT2D eigenvalue weighted by molar-refractivity contribution is 7.10. The second-order valence-electron chi connectivity index (χ2n) is 6.79. The second kappa shape index (κ2) is 8.66. The van der Waals surface area contributed by atoms with E-state index in [2.05, 4.69) is 46.6 Å². The van der Waals surface area contributed by atoms with Crippen molar-refractivity contribution in [3.05, 3.63) is 52.2 Å². The average Bonchev–Trinajstić information content (AvgIpc) is 3.17. The molecule has 1 fully saturated rings. The molecule has 1 N–H and O–H groups in total. The molecule has 3 rings (SSSR count). The van der Waals surface area contributed by atoms with E-state index in [4.69, 9.17) is 4.74 Å². The van der Waals surface area contributed by atoms with Gasteiger partial charge in [0.2, 0.25) is 0 Å². The quantitative estimate of drug-likeness (QED) is 0.846. The van der Waals surface area contributed by atoms with Crippen LogP contribution in [0.2, 0.25) is 0 Å². The molecule has 1 aromatic heterocycles. The van der Waals surface area contributed by atoms with Gasteiger partial charge >= 0.3 is 0 Å². The minimum Gasteiger partial charge on any atom is -0.497 e. The Hall–Kier alpha value is -1.89. The van der Waals surface area contributed by atoms with Gasteiger partial charge in [0.1, 0.15) is 5.75 Å². The van der Waals surface area contributed by atoms with Crippen LogP contribution in [0.1, 0.15) is 28.2 Å². The van der Waals surface area contributed by atoms with Crippen LogP contribution in [0.3, 0.4) is 0 Å². The summed E-state index contributed by atoms with van der Waals surface area (Å²) in [6, 6.07) is 11.7. The van der Waals surface area contributed by atoms with Crippen LogP contribution in [0.15, 0.2) is 41.8 Å². The molecule has 1 aliphatic rings. The first-order chi connectivity index (χ1) is 12.6. The molecule has 1 amide bonds. The third-order valence-electron chi connectivity index (χ3n) is 4.95. The van der Waals surface area contributed by atoms with Crippen LogP contribution in [0.25, 0.3) is 0 Å². The van der Waals surface area contributed by atoms with Gasteiger partial charge in [-0.1, -0.05) is 6.07 Å². The van der Waals surface area contributed by atoms with Crippen molar-refractivity contribution >= 4 is 17.2 Å². The van der Waals surface area contributed by atoms with Crippen molar-refractivity contribution in [3.63, 3.8) is 0 Å². The molecule has 0 bridgehead atoms. The molecular weight excluding hydrogens is 346 g/mol. The first-order valence-corrected chi connectivity index (χ1v) is 9.87. The van der Waals surface area contributed by atoms with Gasteiger partial charge in [0.05, 0.1) is 13.2 Å². The summed E-state index contributed by atoms with van der Waals surface area (Å²) < 4.78 is 5.16. The van der Waals surface area contributed by atoms with Crippen molar-refractivity contribution in [2.24, 2.45) is 0 Å². The standard InChI is InChI=1S/C20H27N3O2S/c1-15(21-20(24)16-6-8-17(25-3)9-7-16)19(18-5-4-14-26-18)23-12-10-22(2)11-13-23/h4-9,14-15,19H,10-13H2,1-3H3,(H,21,24)/t15-,19-/m0/s1. The zero-order valence-electron chi connectivity index (χ0n) is 15.6. The normalized spacial score (nSPS) is 18.3. The van der Waals surface area contributed by atoms with Crippen molar-refractivity contribution in [1.29, 1.82) is 0 Å². The predicted octanol–water partition coefficient (Wildman–Crippen LogP) is 2.86. The lowest BCUT2D eigenvalue weighted by Gasteiger charge is -2.40. The topological polar surface area (TPSA) is 44.8 Å². The van der Waals surface area contributed by atoms with Crippen LogP contribution in [0.5, 0.6) is 5.75 Å². The molecule has 1 saturated heterocycles. The average molecular weight is 374 g/mol. The summed E-state index contributed by atoms with van der Waals surface area (Å²) in [6.45, 7) is 6.25. The Morgan fingerprint density at radius 2 is 1.85 bits per heavy atom. The minimum atomic E-state index is -0.0455. The molecule has 2 heterocycles. The number of nitrogens with zero attached hydrogens (tertiary/aromatic N) is 2. The molecule has 0 saturated carbocycles. The minimum absolute atomic E-state index is 0.0201. The summed E-state index contributed by atoms with van der Waals surface area (Å²) in [5.41, 5.74) is 0.654. The maximum Gasteiger partial charge on any atom is 0.251 e. The van der Waals surface area contributed by atoms with Gasteiger partial charge in [-0.05, 0) is 49.7 Å². The van der Waals surface area contributed by atoms with Crippen LogP contribution < -0.4 is 10.1 Å². The summed E-state index contributed by atoms with van der Waals surface area (Å²) in [4.78, 5) is 18.8. The number of ether oxygens (including phenoxy) is 1. The van der Waals surface area contributed by atoms with Crippen molar-refractivity contribution < 1.29 is 9.53 Å². The largest absolute Gasteiger partial charge is 0.497 e. The summed E-state index contributed by atoms with van der Waals surface area (Å²) >= 11 is 1.76. The number of hydrogen-bond acceptors (Lipinski definition) is 5. The van der Waals surface area contributed by atoms with Gasteiger partial charge in [0.15, 0.2) is 0 Å². The van der Waals surface area contributed by atoms with Crippen molar-refractivity contribution in [3.8, 4) is 5.75 Å². The lowest BCUT2D eigenvalue weighted by Crippen LogP contribution is -2.51. The number of amides is 1. The van der Waals surface area contributed by atoms with E-state index >= 15 is 0 Å². The van der Waals surface area contributed by atoms with E-state index in [0.29, 0.717) is 5.56 Å². The highest BCUT2D eigenvalue weighted by Gasteiger charge is 2.30. The van der Waals surface area contributed by atoms with Crippen LogP contribution in [0, 0.1) is 0 Å². The fraction of sp³-hybridized carbons (Fsp3) is 0.450. The van der Waals surface area contributed by atoms with Gasteiger partial charge in [-0.25, -0.2) is 0 Å². The van der Waals surface area contributed by atoms with Crippen molar-refractivity contribution in [1.82, 2.24) is 15.1 Å². The molecular formula is C20H27N3O2S. The molecule has 1 aromatic carbocycles. The molecule has 1 aliphatic heterocycles. The number of hydrogen-bond donors (Lipinski definition) is 1. The molecule has 0 spiro atoms. The van der Waals surface area contributed by atoms with Gasteiger partial charge in [0.25, 0.3) is 5.91 Å². The van der Waals surface area contributed by atoms with E-state index in [1.165, 1.54) is 4.88 Å². The van der Waals surface area contributed by atoms with E-state index in [0.717, 1.165) is 31.9 Å². The number of likely N-dealkylation sites (N-methyl/N-ethyl adjacent to an activating group) is 1. The highest BCUT2D eigenvalue weighted by Crippen LogP contribution is 2.29. The zero-order valence-corrected chi connectivity index (χ0v) is 16.5. The molecule has 0 radical (unpaired) electrons. The Labute approximate surface area is 159 Å². The monoisotopic (exact) mass is 373 g/mol. The van der Waals surface area contributed by atoms with E-state index in [1.807, 2.05) is 12.1 Å². The molecule has 140 valence electrons. The highest BCUT2D eigenvalue weighted by atomic mass is 32.1. The van der Waals surface area contributed by atoms with Gasteiger partial charge < -0.3 is 15.0 Å². The number of thiophene rings is 1. The predicted molar refractivity (Wildman–Crippen MR) is 106 cm³/mol. The molecule has 2 aromatic rings. The summed E-state index contributed by atoms with van der Waals surface area (Å²) in [5.74, 6) is 0.708. The molecule has 0 unspecified atom stereocenters. The first-order valence-electron chi connectivity index (χ1n) is 8.99. The molecule has 5 nitrogen and oxygen atoms in total. The number of rotatable bonds is 6. The van der Waals surface area contributed by atoms with Crippen molar-refractivity contribution in [2.75, 3.05) is 40.3 Å². The number of methoxy groups -OCH3 is 1. The number of carbonyl (C=O) groups excluding carboxylic acids is 1. The fourth-order valence-corrected chi connectivity index (χ4v) is 4.38. The number of benzene rings is 1. The Kier molecular flexibility index (Phi) is 6.29. The molecule has 0 aliphatic carbocycles. The van der Waals surface area contributed by atoms with Crippen LogP contribution in [-0.2, 0) is 0 Å². The third-order valence-corrected chi connectivity index (χ3v) is 5.89. The van der Waals surface area contributed by atoms with Crippen LogP contribution in [0.4, 0.5) is 0 Å². The second-order valence-corrected chi connectivity index (χ2v) is 7.77. The maximum absolute atomic E-state index is 12.7. The summed E-state index contributed by atoms with van der Waals surface area (Å²) in [6.07, 6.45) is 0. The van der Waals surface area contributed by atoms with Crippen molar-refractivity contribution in [2.45, 2.75) is 19.0 Å². The number of piperazine rings is 1. The lowest BCUT2D eigenvalue weighted by molar-refractivity contribution is 0.0799. The lowest BCUT2D eigenvalue weighted by atomic mass is 10.0. The maximum atomic E-state index is 12.7. The number of nitrogens with one attached hydrogen (secondary N) is 1. The van der Waals surface area contributed by atoms with Gasteiger partial charge in [-0.15, -0.1) is 11.3 Å². The molecule has 2 atom stereocenters. The van der Waals surface area contributed by atoms with E-state index in [9.17, 15) is 4.79 Å². The molecule has 6 heteroatoms. The summed E-state index contributed by atoms with van der Waals surface area (Å²) in [5, 5.41) is 5.31. The Morgan fingerprint density at radius 1 is 1.15 bits per heavy atom. The molecule has 26 heavy (non-hydrogen) atoms. The Balaban J connectivity index is 1.72. The van der Waals surface area contributed by atoms with Gasteiger partial charge in [-0.3, -0.25) is 9.69 Å². The van der Waals surface area contributed by atoms with Crippen LogP contribution >= 0.6 is 11.3 Å². The van der Waals surface area contributed by atoms with Gasteiger partial charge in [0, 0.05) is 42.7 Å². The SMILES string of the molecule is COc1ccc(C(=O)N[C@@H](C)[C@@H](c2cccs2)N2CCN(C)CC2)cc1. The third kappa shape index (κ3) is 4.44. The van der Waals surface area contributed by atoms with E-state index in [-0.39, 0.29) is 18.0 Å². The fourth-order valence-electron chi connectivity index (χ4n) is 3.41. The number of carbonyl (C=O) groups is 1. The van der Waals surface area contributed by atoms with Gasteiger partial charge in [-0.2, -0.15) is 0 Å². The summed E-state index contributed by atoms with van der Waals surface area (Å²) in [7, 11) is 3.78. The Morgan fingerprint density at radius 3 is 2.42 bits per heavy atom.